The summed E-state index contributed by atoms with van der Waals surface area (Å²) in [4.78, 5) is 24.5. The first kappa shape index (κ1) is 22.2. The number of carbonyl (C=O) groups is 1. The van der Waals surface area contributed by atoms with Crippen LogP contribution in [0.4, 0.5) is 8.78 Å². The average molecular weight is 469 g/mol. The third kappa shape index (κ3) is 4.45. The minimum Gasteiger partial charge on any atom is -0.471 e. The van der Waals surface area contributed by atoms with Crippen molar-refractivity contribution in [1.29, 1.82) is 0 Å². The number of benzene rings is 1. The molecular weight excluding hydrogens is 450 g/mol. The van der Waals surface area contributed by atoms with Crippen LogP contribution in [-0.4, -0.2) is 67.9 Å². The molecule has 0 radical (unpaired) electrons. The van der Waals surface area contributed by atoms with Gasteiger partial charge in [-0.25, -0.2) is 8.78 Å². The monoisotopic (exact) mass is 468 g/mol. The Labute approximate surface area is 185 Å². The highest BCUT2D eigenvalue weighted by atomic mass is 35.5. The van der Waals surface area contributed by atoms with E-state index >= 15 is 0 Å². The van der Waals surface area contributed by atoms with Gasteiger partial charge in [-0.2, -0.15) is 9.97 Å². The molecule has 4 rings (SSSR count). The van der Waals surface area contributed by atoms with Crippen LogP contribution in [-0.2, 0) is 11.4 Å². The van der Waals surface area contributed by atoms with Gasteiger partial charge in [-0.3, -0.25) is 4.79 Å². The Balaban J connectivity index is 1.48. The number of aromatic nitrogens is 3. The van der Waals surface area contributed by atoms with Crippen molar-refractivity contribution in [2.75, 3.05) is 19.8 Å². The standard InChI is InChI=1S/C20H19ClF2N4O5/c21-13-5-16-18(25-19(13)31-9-12-14(22)2-1-3-15(12)23)26-20(24-16)32-11-4-10(7-28)27(6-11)17(30)8-29/h1-3,5,10-11,28-29H,4,6-9H2,(H,24,25,26)/t10-,11-/m0/s1. The molecule has 3 aromatic rings. The highest BCUT2D eigenvalue weighted by molar-refractivity contribution is 6.32. The number of aliphatic hydroxyl groups excluding tert-OH is 2. The van der Waals surface area contributed by atoms with Crippen molar-refractivity contribution in [3.8, 4) is 11.9 Å². The number of amides is 1. The number of carbonyl (C=O) groups excluding carboxylic acids is 1. The maximum Gasteiger partial charge on any atom is 0.296 e. The van der Waals surface area contributed by atoms with Gasteiger partial charge in [0.05, 0.1) is 30.3 Å². The van der Waals surface area contributed by atoms with Crippen LogP contribution in [0, 0.1) is 11.6 Å². The zero-order valence-electron chi connectivity index (χ0n) is 16.6. The van der Waals surface area contributed by atoms with Crippen molar-refractivity contribution >= 4 is 28.7 Å². The fraction of sp³-hybridized carbons (Fsp3) is 0.350. The second-order valence-corrected chi connectivity index (χ2v) is 7.60. The summed E-state index contributed by atoms with van der Waals surface area (Å²) in [5.41, 5.74) is 0.390. The summed E-state index contributed by atoms with van der Waals surface area (Å²) in [5, 5.41) is 18.6. The third-order valence-electron chi connectivity index (χ3n) is 5.11. The molecule has 9 nitrogen and oxygen atoms in total. The first-order valence-electron chi connectivity index (χ1n) is 9.69. The molecule has 3 N–H and O–H groups in total. The van der Waals surface area contributed by atoms with Gasteiger partial charge < -0.3 is 29.6 Å². The van der Waals surface area contributed by atoms with Crippen molar-refractivity contribution in [3.63, 3.8) is 0 Å². The van der Waals surface area contributed by atoms with Crippen molar-refractivity contribution in [2.45, 2.75) is 25.2 Å². The maximum atomic E-state index is 13.8. The van der Waals surface area contributed by atoms with Crippen LogP contribution in [0.1, 0.15) is 12.0 Å². The molecule has 1 fully saturated rings. The van der Waals surface area contributed by atoms with Gasteiger partial charge in [-0.1, -0.05) is 17.7 Å². The number of H-pyrrole nitrogens is 1. The predicted octanol–water partition coefficient (Wildman–Crippen LogP) is 1.80. The van der Waals surface area contributed by atoms with E-state index in [0.717, 1.165) is 12.1 Å². The number of nitrogens with zero attached hydrogens (tertiary/aromatic N) is 3. The van der Waals surface area contributed by atoms with Crippen LogP contribution in [0.15, 0.2) is 24.3 Å². The number of hydrogen-bond acceptors (Lipinski definition) is 7. The number of nitrogens with one attached hydrogen (secondary N) is 1. The summed E-state index contributed by atoms with van der Waals surface area (Å²) >= 11 is 6.18. The number of imidazole rings is 1. The van der Waals surface area contributed by atoms with Gasteiger partial charge in [0.1, 0.15) is 36.0 Å². The number of ether oxygens (including phenoxy) is 2. The number of pyridine rings is 1. The topological polar surface area (TPSA) is 121 Å². The van der Waals surface area contributed by atoms with Crippen LogP contribution in [0.2, 0.25) is 5.02 Å². The zero-order chi connectivity index (χ0) is 22.8. The second kappa shape index (κ2) is 9.23. The van der Waals surface area contributed by atoms with Gasteiger partial charge in [-0.15, -0.1) is 0 Å². The average Bonchev–Trinajstić information content (AvgIpc) is 3.35. The van der Waals surface area contributed by atoms with E-state index in [-0.39, 0.29) is 41.3 Å². The van der Waals surface area contributed by atoms with Crippen LogP contribution >= 0.6 is 11.6 Å². The summed E-state index contributed by atoms with van der Waals surface area (Å²) in [6, 6.07) is 4.64. The van der Waals surface area contributed by atoms with E-state index in [9.17, 15) is 18.7 Å². The number of hydrogen-bond donors (Lipinski definition) is 3. The molecule has 32 heavy (non-hydrogen) atoms. The smallest absolute Gasteiger partial charge is 0.296 e. The van der Waals surface area contributed by atoms with Crippen LogP contribution < -0.4 is 9.47 Å². The van der Waals surface area contributed by atoms with Gasteiger partial charge in [0.15, 0.2) is 5.65 Å². The SMILES string of the molecule is O=C(CO)N1C[C@@H](Oc2nc3nc(OCc4c(F)cccc4F)c(Cl)cc3[nH]2)C[C@H]1CO. The number of aliphatic hydroxyl groups is 2. The van der Waals surface area contributed by atoms with E-state index in [2.05, 4.69) is 15.0 Å². The van der Waals surface area contributed by atoms with Gasteiger partial charge in [0.2, 0.25) is 11.8 Å². The minimum absolute atomic E-state index is 0.0548. The number of aromatic amines is 1. The van der Waals surface area contributed by atoms with Crippen LogP contribution in [0.3, 0.4) is 0 Å². The summed E-state index contributed by atoms with van der Waals surface area (Å²) in [7, 11) is 0. The Morgan fingerprint density at radius 1 is 1.28 bits per heavy atom. The highest BCUT2D eigenvalue weighted by Crippen LogP contribution is 2.29. The van der Waals surface area contributed by atoms with Crippen molar-refractivity contribution < 1.29 is 33.3 Å². The fourth-order valence-corrected chi connectivity index (χ4v) is 3.74. The quantitative estimate of drug-likeness (QED) is 0.483. The molecule has 12 heteroatoms. The summed E-state index contributed by atoms with van der Waals surface area (Å²) in [6.07, 6.45) is -0.103. The Morgan fingerprint density at radius 3 is 2.72 bits per heavy atom. The first-order chi connectivity index (χ1) is 15.4. The lowest BCUT2D eigenvalue weighted by Crippen LogP contribution is -2.39. The zero-order valence-corrected chi connectivity index (χ0v) is 17.4. The Hall–Kier alpha value is -3.02. The van der Waals surface area contributed by atoms with Crippen LogP contribution in [0.5, 0.6) is 11.9 Å². The molecule has 2 aromatic heterocycles. The van der Waals surface area contributed by atoms with E-state index in [4.69, 9.17) is 26.2 Å². The molecule has 1 aliphatic rings. The lowest BCUT2D eigenvalue weighted by atomic mass is 10.2. The third-order valence-corrected chi connectivity index (χ3v) is 5.38. The van der Waals surface area contributed by atoms with Crippen molar-refractivity contribution in [3.05, 3.63) is 46.5 Å². The van der Waals surface area contributed by atoms with E-state index < -0.39 is 42.9 Å². The molecule has 0 aliphatic carbocycles. The second-order valence-electron chi connectivity index (χ2n) is 7.19. The molecule has 1 saturated heterocycles. The van der Waals surface area contributed by atoms with Crippen LogP contribution in [0.25, 0.3) is 11.2 Å². The van der Waals surface area contributed by atoms with E-state index in [1.807, 2.05) is 0 Å². The molecule has 2 atom stereocenters. The van der Waals surface area contributed by atoms with E-state index in [1.165, 1.54) is 17.0 Å². The van der Waals surface area contributed by atoms with Gasteiger partial charge in [-0.05, 0) is 18.2 Å². The highest BCUT2D eigenvalue weighted by Gasteiger charge is 2.36. The summed E-state index contributed by atoms with van der Waals surface area (Å²) < 4.78 is 38.8. The molecule has 0 bridgehead atoms. The summed E-state index contributed by atoms with van der Waals surface area (Å²) in [5.74, 6) is -2.05. The molecule has 1 amide bonds. The maximum absolute atomic E-state index is 13.8. The Kier molecular flexibility index (Phi) is 6.40. The minimum atomic E-state index is -0.746. The fourth-order valence-electron chi connectivity index (χ4n) is 3.53. The molecule has 1 aromatic carbocycles. The molecule has 1 aliphatic heterocycles. The summed E-state index contributed by atoms with van der Waals surface area (Å²) in [6.45, 7) is -1.15. The van der Waals surface area contributed by atoms with Gasteiger partial charge in [0.25, 0.3) is 6.01 Å². The molecule has 0 saturated carbocycles. The number of halogens is 3. The number of likely N-dealkylation sites (tertiary alicyclic amines) is 1. The van der Waals surface area contributed by atoms with Gasteiger partial charge >= 0.3 is 0 Å². The van der Waals surface area contributed by atoms with E-state index in [0.29, 0.717) is 11.9 Å². The Morgan fingerprint density at radius 2 is 2.03 bits per heavy atom. The Bertz CT molecular complexity index is 1120. The predicted molar refractivity (Wildman–Crippen MR) is 108 cm³/mol. The van der Waals surface area contributed by atoms with E-state index in [1.54, 1.807) is 0 Å². The molecular formula is C20H19ClF2N4O5. The molecule has 3 heterocycles. The first-order valence-corrected chi connectivity index (χ1v) is 10.1. The molecule has 0 spiro atoms. The largest absolute Gasteiger partial charge is 0.471 e. The van der Waals surface area contributed by atoms with Gasteiger partial charge in [0, 0.05) is 6.42 Å². The van der Waals surface area contributed by atoms with Crippen molar-refractivity contribution in [2.24, 2.45) is 0 Å². The normalized spacial score (nSPS) is 18.3. The number of rotatable bonds is 7. The lowest BCUT2D eigenvalue weighted by Gasteiger charge is -2.21. The lowest BCUT2D eigenvalue weighted by molar-refractivity contribution is -0.135. The molecule has 0 unspecified atom stereocenters. The van der Waals surface area contributed by atoms with Crippen molar-refractivity contribution in [1.82, 2.24) is 19.9 Å². The molecule has 170 valence electrons. The number of fused-ring (bicyclic) bond motifs is 1.